The Labute approximate surface area is 141 Å². The third-order valence-corrected chi connectivity index (χ3v) is 3.63. The number of methoxy groups -OCH3 is 1. The first kappa shape index (κ1) is 17.2. The quantitative estimate of drug-likeness (QED) is 0.847. The standard InChI is InChI=1S/C18H20ClNO3/c1-12(2)13-5-4-6-15(9-13)23-11-18(21)20-14-7-8-17(22-3)16(19)10-14/h4-10,12H,11H2,1-3H3,(H,20,21). The molecular formula is C18H20ClNO3. The zero-order valence-electron chi connectivity index (χ0n) is 13.4. The Bertz CT molecular complexity index is 686. The van der Waals surface area contributed by atoms with Crippen molar-refractivity contribution in [3.63, 3.8) is 0 Å². The molecule has 23 heavy (non-hydrogen) atoms. The van der Waals surface area contributed by atoms with E-state index in [1.165, 1.54) is 5.56 Å². The van der Waals surface area contributed by atoms with Gasteiger partial charge in [-0.3, -0.25) is 4.79 Å². The van der Waals surface area contributed by atoms with Crippen molar-refractivity contribution in [1.82, 2.24) is 0 Å². The van der Waals surface area contributed by atoms with Crippen LogP contribution >= 0.6 is 11.6 Å². The van der Waals surface area contributed by atoms with Gasteiger partial charge in [0.15, 0.2) is 6.61 Å². The highest BCUT2D eigenvalue weighted by molar-refractivity contribution is 6.32. The number of nitrogens with one attached hydrogen (secondary N) is 1. The van der Waals surface area contributed by atoms with Crippen molar-refractivity contribution < 1.29 is 14.3 Å². The van der Waals surface area contributed by atoms with Crippen LogP contribution in [0.2, 0.25) is 5.02 Å². The van der Waals surface area contributed by atoms with Gasteiger partial charge in [-0.25, -0.2) is 0 Å². The third kappa shape index (κ3) is 4.89. The Morgan fingerprint density at radius 3 is 2.65 bits per heavy atom. The third-order valence-electron chi connectivity index (χ3n) is 3.33. The molecule has 0 aliphatic heterocycles. The van der Waals surface area contributed by atoms with Gasteiger partial charge in [-0.15, -0.1) is 0 Å². The molecule has 2 aromatic rings. The monoisotopic (exact) mass is 333 g/mol. The number of hydrogen-bond donors (Lipinski definition) is 1. The summed E-state index contributed by atoms with van der Waals surface area (Å²) in [6.45, 7) is 4.16. The molecule has 2 rings (SSSR count). The van der Waals surface area contributed by atoms with Crippen LogP contribution in [-0.4, -0.2) is 19.6 Å². The van der Waals surface area contributed by atoms with Crippen LogP contribution in [-0.2, 0) is 4.79 Å². The Hall–Kier alpha value is -2.20. The summed E-state index contributed by atoms with van der Waals surface area (Å²) >= 11 is 6.03. The number of hydrogen-bond acceptors (Lipinski definition) is 3. The molecule has 0 bridgehead atoms. The van der Waals surface area contributed by atoms with Crippen molar-refractivity contribution in [2.45, 2.75) is 19.8 Å². The first-order chi connectivity index (χ1) is 11.0. The second-order valence-corrected chi connectivity index (χ2v) is 5.82. The SMILES string of the molecule is COc1ccc(NC(=O)COc2cccc(C(C)C)c2)cc1Cl. The Morgan fingerprint density at radius 1 is 1.22 bits per heavy atom. The predicted octanol–water partition coefficient (Wildman–Crippen LogP) is 4.49. The number of carbonyl (C=O) groups excluding carboxylic acids is 1. The van der Waals surface area contributed by atoms with Gasteiger partial charge in [0.1, 0.15) is 11.5 Å². The maximum absolute atomic E-state index is 12.0. The molecule has 5 heteroatoms. The molecule has 122 valence electrons. The summed E-state index contributed by atoms with van der Waals surface area (Å²) in [5, 5.41) is 3.18. The summed E-state index contributed by atoms with van der Waals surface area (Å²) in [7, 11) is 1.54. The second kappa shape index (κ2) is 7.88. The van der Waals surface area contributed by atoms with Crippen molar-refractivity contribution in [1.29, 1.82) is 0 Å². The molecular weight excluding hydrogens is 314 g/mol. The largest absolute Gasteiger partial charge is 0.495 e. The van der Waals surface area contributed by atoms with Gasteiger partial charge in [0.05, 0.1) is 12.1 Å². The van der Waals surface area contributed by atoms with E-state index in [0.717, 1.165) is 0 Å². The first-order valence-corrected chi connectivity index (χ1v) is 7.73. The number of rotatable bonds is 6. The van der Waals surface area contributed by atoms with E-state index in [1.54, 1.807) is 25.3 Å². The van der Waals surface area contributed by atoms with E-state index in [0.29, 0.717) is 28.1 Å². The molecule has 0 radical (unpaired) electrons. The molecule has 0 spiro atoms. The topological polar surface area (TPSA) is 47.6 Å². The van der Waals surface area contributed by atoms with Gasteiger partial charge in [0.25, 0.3) is 5.91 Å². The Kier molecular flexibility index (Phi) is 5.88. The van der Waals surface area contributed by atoms with Gasteiger partial charge < -0.3 is 14.8 Å². The number of amides is 1. The summed E-state index contributed by atoms with van der Waals surface area (Å²) in [4.78, 5) is 12.0. The van der Waals surface area contributed by atoms with Crippen LogP contribution in [0, 0.1) is 0 Å². The number of ether oxygens (including phenoxy) is 2. The molecule has 0 saturated heterocycles. The highest BCUT2D eigenvalue weighted by atomic mass is 35.5. The Morgan fingerprint density at radius 2 is 2.00 bits per heavy atom. The maximum atomic E-state index is 12.0. The van der Waals surface area contributed by atoms with Crippen LogP contribution in [0.5, 0.6) is 11.5 Å². The van der Waals surface area contributed by atoms with E-state index < -0.39 is 0 Å². The van der Waals surface area contributed by atoms with Crippen molar-refractivity contribution >= 4 is 23.2 Å². The lowest BCUT2D eigenvalue weighted by Crippen LogP contribution is -2.20. The molecule has 2 aromatic carbocycles. The van der Waals surface area contributed by atoms with Crippen LogP contribution in [0.4, 0.5) is 5.69 Å². The summed E-state index contributed by atoms with van der Waals surface area (Å²) < 4.78 is 10.6. The van der Waals surface area contributed by atoms with Gasteiger partial charge in [-0.1, -0.05) is 37.6 Å². The molecule has 0 aromatic heterocycles. The molecule has 0 unspecified atom stereocenters. The van der Waals surface area contributed by atoms with Crippen LogP contribution in [0.15, 0.2) is 42.5 Å². The van der Waals surface area contributed by atoms with E-state index >= 15 is 0 Å². The molecule has 0 saturated carbocycles. The highest BCUT2D eigenvalue weighted by Gasteiger charge is 2.07. The lowest BCUT2D eigenvalue weighted by Gasteiger charge is -2.11. The van der Waals surface area contributed by atoms with E-state index in [2.05, 4.69) is 19.2 Å². The van der Waals surface area contributed by atoms with E-state index in [1.807, 2.05) is 24.3 Å². The fourth-order valence-electron chi connectivity index (χ4n) is 2.05. The fraction of sp³-hybridized carbons (Fsp3) is 0.278. The number of carbonyl (C=O) groups is 1. The molecule has 1 N–H and O–H groups in total. The fourth-order valence-corrected chi connectivity index (χ4v) is 2.31. The lowest BCUT2D eigenvalue weighted by atomic mass is 10.0. The van der Waals surface area contributed by atoms with Crippen molar-refractivity contribution in [3.05, 3.63) is 53.1 Å². The van der Waals surface area contributed by atoms with Crippen LogP contribution in [0.25, 0.3) is 0 Å². The maximum Gasteiger partial charge on any atom is 0.262 e. The minimum absolute atomic E-state index is 0.0643. The zero-order chi connectivity index (χ0) is 16.8. The average molecular weight is 334 g/mol. The van der Waals surface area contributed by atoms with Crippen LogP contribution in [0.1, 0.15) is 25.3 Å². The lowest BCUT2D eigenvalue weighted by molar-refractivity contribution is -0.118. The summed E-state index contributed by atoms with van der Waals surface area (Å²) in [5.74, 6) is 1.40. The summed E-state index contributed by atoms with van der Waals surface area (Å²) in [5.41, 5.74) is 1.77. The minimum Gasteiger partial charge on any atom is -0.495 e. The molecule has 0 aliphatic rings. The van der Waals surface area contributed by atoms with Gasteiger partial charge in [-0.05, 0) is 41.8 Å². The van der Waals surface area contributed by atoms with Crippen molar-refractivity contribution in [2.24, 2.45) is 0 Å². The molecule has 4 nitrogen and oxygen atoms in total. The van der Waals surface area contributed by atoms with Gasteiger partial charge in [0, 0.05) is 5.69 Å². The molecule has 0 fully saturated rings. The highest BCUT2D eigenvalue weighted by Crippen LogP contribution is 2.27. The van der Waals surface area contributed by atoms with Crippen LogP contribution < -0.4 is 14.8 Å². The van der Waals surface area contributed by atoms with Crippen molar-refractivity contribution in [3.8, 4) is 11.5 Å². The second-order valence-electron chi connectivity index (χ2n) is 5.41. The zero-order valence-corrected chi connectivity index (χ0v) is 14.2. The summed E-state index contributed by atoms with van der Waals surface area (Å²) in [6.07, 6.45) is 0. The number of benzene rings is 2. The summed E-state index contributed by atoms with van der Waals surface area (Å²) in [6, 6.07) is 12.8. The van der Waals surface area contributed by atoms with Crippen LogP contribution in [0.3, 0.4) is 0 Å². The molecule has 0 aliphatic carbocycles. The Balaban J connectivity index is 1.92. The van der Waals surface area contributed by atoms with Gasteiger partial charge in [-0.2, -0.15) is 0 Å². The average Bonchev–Trinajstić information content (AvgIpc) is 2.53. The first-order valence-electron chi connectivity index (χ1n) is 7.35. The van der Waals surface area contributed by atoms with Gasteiger partial charge >= 0.3 is 0 Å². The normalized spacial score (nSPS) is 10.5. The van der Waals surface area contributed by atoms with Crippen molar-refractivity contribution in [2.75, 3.05) is 19.0 Å². The van der Waals surface area contributed by atoms with E-state index in [-0.39, 0.29) is 12.5 Å². The predicted molar refractivity (Wildman–Crippen MR) is 92.7 cm³/mol. The molecule has 0 heterocycles. The number of halogens is 1. The molecule has 1 amide bonds. The minimum atomic E-state index is -0.249. The van der Waals surface area contributed by atoms with E-state index in [4.69, 9.17) is 21.1 Å². The molecule has 0 atom stereocenters. The van der Waals surface area contributed by atoms with E-state index in [9.17, 15) is 4.79 Å². The van der Waals surface area contributed by atoms with Gasteiger partial charge in [0.2, 0.25) is 0 Å². The number of anilines is 1. The smallest absolute Gasteiger partial charge is 0.262 e.